The summed E-state index contributed by atoms with van der Waals surface area (Å²) in [4.78, 5) is 30.1. The maximum Gasteiger partial charge on any atom is 0.242 e. The molecule has 4 nitrogen and oxygen atoms in total. The van der Waals surface area contributed by atoms with Gasteiger partial charge in [-0.3, -0.25) is 9.59 Å². The third-order valence-electron chi connectivity index (χ3n) is 5.66. The zero-order chi connectivity index (χ0) is 16.3. The molecule has 24 heavy (non-hydrogen) atoms. The van der Waals surface area contributed by atoms with E-state index in [9.17, 15) is 9.59 Å². The van der Waals surface area contributed by atoms with Gasteiger partial charge in [0.2, 0.25) is 11.8 Å². The standard InChI is InChI=1S/C20H18N2O2/c23-19-17-14-9-4-5-10-15(14)21-12-6-11-16(21)18(17)20(24)22(19)13-7-2-1-3-8-13/h1-5,7-10,16-18H,6,11-12H2/t16-,17+,18-/m1/s1. The smallest absolute Gasteiger partial charge is 0.242 e. The molecule has 3 aliphatic heterocycles. The average molecular weight is 318 g/mol. The number of anilines is 2. The third kappa shape index (κ3) is 1.68. The van der Waals surface area contributed by atoms with Gasteiger partial charge in [-0.15, -0.1) is 0 Å². The minimum atomic E-state index is -0.340. The highest BCUT2D eigenvalue weighted by molar-refractivity contribution is 6.24. The van der Waals surface area contributed by atoms with Gasteiger partial charge < -0.3 is 4.90 Å². The van der Waals surface area contributed by atoms with Crippen molar-refractivity contribution < 1.29 is 9.59 Å². The minimum Gasteiger partial charge on any atom is -0.367 e. The van der Waals surface area contributed by atoms with E-state index in [1.165, 1.54) is 4.90 Å². The van der Waals surface area contributed by atoms with Crippen molar-refractivity contribution in [3.63, 3.8) is 0 Å². The van der Waals surface area contributed by atoms with E-state index >= 15 is 0 Å². The Labute approximate surface area is 140 Å². The molecule has 0 spiro atoms. The summed E-state index contributed by atoms with van der Waals surface area (Å²) in [7, 11) is 0. The van der Waals surface area contributed by atoms with E-state index in [0.717, 1.165) is 30.6 Å². The monoisotopic (exact) mass is 318 g/mol. The van der Waals surface area contributed by atoms with Gasteiger partial charge in [-0.1, -0.05) is 36.4 Å². The zero-order valence-corrected chi connectivity index (χ0v) is 13.3. The van der Waals surface area contributed by atoms with E-state index in [-0.39, 0.29) is 29.7 Å². The first-order valence-electron chi connectivity index (χ1n) is 8.56. The molecule has 0 radical (unpaired) electrons. The molecule has 3 atom stereocenters. The van der Waals surface area contributed by atoms with Crippen molar-refractivity contribution >= 4 is 23.2 Å². The minimum absolute atomic E-state index is 0.0393. The lowest BCUT2D eigenvalue weighted by Gasteiger charge is -2.39. The highest BCUT2D eigenvalue weighted by atomic mass is 16.2. The van der Waals surface area contributed by atoms with Crippen LogP contribution in [0.15, 0.2) is 54.6 Å². The molecule has 2 fully saturated rings. The summed E-state index contributed by atoms with van der Waals surface area (Å²) in [5.41, 5.74) is 2.83. The fourth-order valence-electron chi connectivity index (χ4n) is 4.71. The van der Waals surface area contributed by atoms with Crippen molar-refractivity contribution in [2.75, 3.05) is 16.3 Å². The van der Waals surface area contributed by atoms with Crippen molar-refractivity contribution in [1.82, 2.24) is 0 Å². The summed E-state index contributed by atoms with van der Waals surface area (Å²) in [6, 6.07) is 17.6. The van der Waals surface area contributed by atoms with Crippen molar-refractivity contribution in [3.8, 4) is 0 Å². The van der Waals surface area contributed by atoms with Gasteiger partial charge >= 0.3 is 0 Å². The maximum absolute atomic E-state index is 13.2. The Morgan fingerprint density at radius 1 is 0.875 bits per heavy atom. The van der Waals surface area contributed by atoms with Crippen LogP contribution in [0.25, 0.3) is 0 Å². The van der Waals surface area contributed by atoms with Gasteiger partial charge in [0.1, 0.15) is 0 Å². The molecule has 0 N–H and O–H groups in total. The van der Waals surface area contributed by atoms with E-state index < -0.39 is 0 Å². The van der Waals surface area contributed by atoms with E-state index in [2.05, 4.69) is 11.0 Å². The molecule has 2 amide bonds. The molecule has 2 aromatic carbocycles. The third-order valence-corrected chi connectivity index (χ3v) is 5.66. The van der Waals surface area contributed by atoms with Gasteiger partial charge in [0.05, 0.1) is 17.5 Å². The second-order valence-corrected chi connectivity index (χ2v) is 6.81. The summed E-state index contributed by atoms with van der Waals surface area (Å²) in [5, 5.41) is 0. The number of imide groups is 1. The number of carbonyl (C=O) groups excluding carboxylic acids is 2. The molecule has 0 aliphatic carbocycles. The molecule has 3 heterocycles. The largest absolute Gasteiger partial charge is 0.367 e. The number of fused-ring (bicyclic) bond motifs is 6. The number of amides is 2. The van der Waals surface area contributed by atoms with Crippen LogP contribution in [0, 0.1) is 5.92 Å². The molecule has 3 aliphatic rings. The summed E-state index contributed by atoms with van der Waals surface area (Å²) < 4.78 is 0. The first kappa shape index (κ1) is 13.8. The van der Waals surface area contributed by atoms with Crippen LogP contribution in [-0.4, -0.2) is 24.4 Å². The van der Waals surface area contributed by atoms with Crippen molar-refractivity contribution in [3.05, 3.63) is 60.2 Å². The predicted octanol–water partition coefficient (Wildman–Crippen LogP) is 2.94. The molecule has 120 valence electrons. The van der Waals surface area contributed by atoms with Crippen molar-refractivity contribution in [1.29, 1.82) is 0 Å². The average Bonchev–Trinajstić information content (AvgIpc) is 3.19. The number of carbonyl (C=O) groups is 2. The molecular weight excluding hydrogens is 300 g/mol. The lowest BCUT2D eigenvalue weighted by atomic mass is 9.78. The van der Waals surface area contributed by atoms with Gasteiger partial charge in [-0.05, 0) is 36.6 Å². The fourth-order valence-corrected chi connectivity index (χ4v) is 4.71. The normalized spacial score (nSPS) is 27.9. The van der Waals surface area contributed by atoms with Crippen LogP contribution in [0.4, 0.5) is 11.4 Å². The number of benzene rings is 2. The number of nitrogens with zero attached hydrogens (tertiary/aromatic N) is 2. The van der Waals surface area contributed by atoms with Gasteiger partial charge in [-0.25, -0.2) is 4.90 Å². The van der Waals surface area contributed by atoms with Crippen LogP contribution >= 0.6 is 0 Å². The summed E-state index contributed by atoms with van der Waals surface area (Å²) in [6.45, 7) is 0.970. The van der Waals surface area contributed by atoms with E-state index in [4.69, 9.17) is 0 Å². The second kappa shape index (κ2) is 4.94. The molecule has 2 saturated heterocycles. The predicted molar refractivity (Wildman–Crippen MR) is 92.0 cm³/mol. The first-order chi connectivity index (χ1) is 11.8. The Morgan fingerprint density at radius 2 is 1.62 bits per heavy atom. The van der Waals surface area contributed by atoms with Gasteiger partial charge in [0.25, 0.3) is 0 Å². The molecule has 0 bridgehead atoms. The first-order valence-corrected chi connectivity index (χ1v) is 8.56. The van der Waals surface area contributed by atoms with Crippen molar-refractivity contribution in [2.45, 2.75) is 24.8 Å². The van der Waals surface area contributed by atoms with Crippen LogP contribution < -0.4 is 9.80 Å². The Kier molecular flexibility index (Phi) is 2.84. The fraction of sp³-hybridized carbons (Fsp3) is 0.300. The molecular formula is C20H18N2O2. The lowest BCUT2D eigenvalue weighted by molar-refractivity contribution is -0.122. The Morgan fingerprint density at radius 3 is 2.46 bits per heavy atom. The number of rotatable bonds is 1. The zero-order valence-electron chi connectivity index (χ0n) is 13.3. The van der Waals surface area contributed by atoms with Crippen LogP contribution in [-0.2, 0) is 9.59 Å². The van der Waals surface area contributed by atoms with E-state index in [1.54, 1.807) is 0 Å². The van der Waals surface area contributed by atoms with Gasteiger partial charge in [0.15, 0.2) is 0 Å². The molecule has 0 saturated carbocycles. The molecule has 2 aromatic rings. The number of para-hydroxylation sites is 2. The van der Waals surface area contributed by atoms with E-state index in [1.807, 2.05) is 48.5 Å². The Hall–Kier alpha value is -2.62. The highest BCUT2D eigenvalue weighted by Crippen LogP contribution is 2.50. The van der Waals surface area contributed by atoms with Gasteiger partial charge in [0, 0.05) is 18.3 Å². The van der Waals surface area contributed by atoms with Crippen LogP contribution in [0.5, 0.6) is 0 Å². The quantitative estimate of drug-likeness (QED) is 0.759. The van der Waals surface area contributed by atoms with Crippen molar-refractivity contribution in [2.24, 2.45) is 5.92 Å². The Balaban J connectivity index is 1.67. The van der Waals surface area contributed by atoms with Crippen LogP contribution in [0.2, 0.25) is 0 Å². The number of hydrogen-bond acceptors (Lipinski definition) is 3. The summed E-state index contributed by atoms with van der Waals surface area (Å²) >= 11 is 0. The lowest BCUT2D eigenvalue weighted by Crippen LogP contribution is -2.45. The molecule has 4 heteroatoms. The summed E-state index contributed by atoms with van der Waals surface area (Å²) in [5.74, 6) is -0.707. The SMILES string of the molecule is O=C1[C@@H]2[C@H]3CCCN3c3ccccc3[C@@H]2C(=O)N1c1ccccc1. The molecule has 5 rings (SSSR count). The summed E-state index contributed by atoms with van der Waals surface area (Å²) in [6.07, 6.45) is 2.06. The van der Waals surface area contributed by atoms with Crippen LogP contribution in [0.3, 0.4) is 0 Å². The maximum atomic E-state index is 13.2. The molecule has 0 unspecified atom stereocenters. The topological polar surface area (TPSA) is 40.6 Å². The Bertz CT molecular complexity index is 833. The second-order valence-electron chi connectivity index (χ2n) is 6.81. The number of hydrogen-bond donors (Lipinski definition) is 0. The highest BCUT2D eigenvalue weighted by Gasteiger charge is 2.57. The molecule has 0 aromatic heterocycles. The van der Waals surface area contributed by atoms with E-state index in [0.29, 0.717) is 5.69 Å². The van der Waals surface area contributed by atoms with Crippen LogP contribution in [0.1, 0.15) is 24.3 Å². The van der Waals surface area contributed by atoms with Gasteiger partial charge in [-0.2, -0.15) is 0 Å².